The fraction of sp³-hybridized carbons (Fsp3) is 0.750. The number of ketones is 1. The number of Topliss-reactive ketones (excluding diaryl/α,β-unsaturated/α-hetero) is 1. The molecule has 0 aromatic heterocycles. The molecule has 1 heterocycles. The van der Waals surface area contributed by atoms with Crippen LogP contribution in [-0.2, 0) is 4.79 Å². The first kappa shape index (κ1) is 11.3. The minimum Gasteiger partial charge on any atom is -0.364 e. The van der Waals surface area contributed by atoms with E-state index in [2.05, 4.69) is 0 Å². The van der Waals surface area contributed by atoms with Crippen LogP contribution in [0.5, 0.6) is 0 Å². The third kappa shape index (κ3) is 3.48. The highest BCUT2D eigenvalue weighted by Crippen LogP contribution is 2.26. The Morgan fingerprint density at radius 2 is 2.38 bits per heavy atom. The summed E-state index contributed by atoms with van der Waals surface area (Å²) in [4.78, 5) is 13.3. The Morgan fingerprint density at radius 1 is 1.69 bits per heavy atom. The van der Waals surface area contributed by atoms with Crippen molar-refractivity contribution in [3.63, 3.8) is 0 Å². The molecule has 1 aliphatic rings. The van der Waals surface area contributed by atoms with Gasteiger partial charge in [-0.2, -0.15) is 11.8 Å². The standard InChI is InChI=1S/C8H13NOS3/c1-9(2)8(11)13-7-5-12-4-3-6(7)10/h7H,3-5H2,1-2H3. The Morgan fingerprint density at radius 3 is 2.92 bits per heavy atom. The molecule has 1 rings (SSSR count). The Bertz CT molecular complexity index is 217. The van der Waals surface area contributed by atoms with Crippen LogP contribution in [0.2, 0.25) is 0 Å². The number of hydrogen-bond acceptors (Lipinski definition) is 4. The summed E-state index contributed by atoms with van der Waals surface area (Å²) >= 11 is 8.50. The molecule has 0 amide bonds. The van der Waals surface area contributed by atoms with Crippen LogP contribution in [0.4, 0.5) is 0 Å². The van der Waals surface area contributed by atoms with Crippen molar-refractivity contribution in [3.8, 4) is 0 Å². The summed E-state index contributed by atoms with van der Waals surface area (Å²) in [6.45, 7) is 0. The van der Waals surface area contributed by atoms with Gasteiger partial charge in [0.25, 0.3) is 0 Å². The van der Waals surface area contributed by atoms with Crippen molar-refractivity contribution in [2.45, 2.75) is 11.7 Å². The quantitative estimate of drug-likeness (QED) is 0.642. The third-order valence-corrected chi connectivity index (χ3v) is 4.94. The largest absolute Gasteiger partial charge is 0.364 e. The first-order chi connectivity index (χ1) is 6.11. The van der Waals surface area contributed by atoms with Crippen LogP contribution in [0, 0.1) is 0 Å². The van der Waals surface area contributed by atoms with Gasteiger partial charge in [-0.3, -0.25) is 4.79 Å². The van der Waals surface area contributed by atoms with Crippen molar-refractivity contribution in [2.75, 3.05) is 25.6 Å². The van der Waals surface area contributed by atoms with Gasteiger partial charge in [-0.1, -0.05) is 24.0 Å². The highest BCUT2D eigenvalue weighted by molar-refractivity contribution is 8.24. The number of rotatable bonds is 1. The van der Waals surface area contributed by atoms with Crippen molar-refractivity contribution in [3.05, 3.63) is 0 Å². The van der Waals surface area contributed by atoms with Crippen LogP contribution in [-0.4, -0.2) is 45.9 Å². The summed E-state index contributed by atoms with van der Waals surface area (Å²) in [5.41, 5.74) is 0. The van der Waals surface area contributed by atoms with Crippen molar-refractivity contribution in [2.24, 2.45) is 0 Å². The van der Waals surface area contributed by atoms with E-state index < -0.39 is 0 Å². The van der Waals surface area contributed by atoms with Crippen LogP contribution >= 0.6 is 35.7 Å². The molecule has 2 nitrogen and oxygen atoms in total. The maximum Gasteiger partial charge on any atom is 0.147 e. The number of hydrogen-bond donors (Lipinski definition) is 0. The zero-order chi connectivity index (χ0) is 9.84. The fourth-order valence-corrected chi connectivity index (χ4v) is 3.47. The minimum atomic E-state index is 0.0913. The molecule has 1 unspecified atom stereocenters. The Hall–Kier alpha value is 0.260. The highest BCUT2D eigenvalue weighted by Gasteiger charge is 2.24. The molecule has 1 fully saturated rings. The molecule has 1 saturated heterocycles. The third-order valence-electron chi connectivity index (χ3n) is 1.73. The predicted molar refractivity (Wildman–Crippen MR) is 64.6 cm³/mol. The zero-order valence-electron chi connectivity index (χ0n) is 7.78. The van der Waals surface area contributed by atoms with Gasteiger partial charge in [0.05, 0.1) is 5.25 Å². The van der Waals surface area contributed by atoms with Gasteiger partial charge in [-0.05, 0) is 0 Å². The summed E-state index contributed by atoms with van der Waals surface area (Å²) in [6, 6.07) is 0. The van der Waals surface area contributed by atoms with E-state index in [0.29, 0.717) is 12.2 Å². The molecule has 0 saturated carbocycles. The van der Waals surface area contributed by atoms with Crippen LogP contribution in [0.3, 0.4) is 0 Å². The molecule has 0 radical (unpaired) electrons. The number of carbonyl (C=O) groups excluding carboxylic acids is 1. The van der Waals surface area contributed by atoms with Gasteiger partial charge in [0, 0.05) is 32.0 Å². The number of thioether (sulfide) groups is 2. The predicted octanol–water partition coefficient (Wildman–Crippen LogP) is 1.64. The molecular weight excluding hydrogens is 222 g/mol. The first-order valence-corrected chi connectivity index (χ1v) is 6.54. The second kappa shape index (κ2) is 5.22. The van der Waals surface area contributed by atoms with Gasteiger partial charge in [-0.25, -0.2) is 0 Å². The van der Waals surface area contributed by atoms with Gasteiger partial charge >= 0.3 is 0 Å². The molecule has 5 heteroatoms. The SMILES string of the molecule is CN(C)C(=S)SC1CSCCC1=O. The Labute approximate surface area is 92.8 Å². The van der Waals surface area contributed by atoms with E-state index in [0.717, 1.165) is 15.8 Å². The average Bonchev–Trinajstić information content (AvgIpc) is 2.08. The number of nitrogens with zero attached hydrogens (tertiary/aromatic N) is 1. The van der Waals surface area contributed by atoms with E-state index in [4.69, 9.17) is 12.2 Å². The lowest BCUT2D eigenvalue weighted by Gasteiger charge is -2.22. The van der Waals surface area contributed by atoms with Gasteiger partial charge in [0.15, 0.2) is 0 Å². The lowest BCUT2D eigenvalue weighted by atomic mass is 10.2. The van der Waals surface area contributed by atoms with Crippen LogP contribution < -0.4 is 0 Å². The molecule has 0 aliphatic carbocycles. The minimum absolute atomic E-state index is 0.0913. The van der Waals surface area contributed by atoms with E-state index >= 15 is 0 Å². The lowest BCUT2D eigenvalue weighted by Crippen LogP contribution is -2.29. The first-order valence-electron chi connectivity index (χ1n) is 4.09. The monoisotopic (exact) mass is 235 g/mol. The number of thiocarbonyl (C=S) groups is 1. The van der Waals surface area contributed by atoms with E-state index in [1.807, 2.05) is 30.8 Å². The summed E-state index contributed by atoms with van der Waals surface area (Å²) < 4.78 is 0.806. The van der Waals surface area contributed by atoms with E-state index in [1.165, 1.54) is 11.8 Å². The van der Waals surface area contributed by atoms with Gasteiger partial charge in [0.1, 0.15) is 10.1 Å². The maximum atomic E-state index is 11.4. The van der Waals surface area contributed by atoms with Gasteiger partial charge in [0.2, 0.25) is 0 Å². The molecule has 0 N–H and O–H groups in total. The second-order valence-corrected chi connectivity index (χ2v) is 6.04. The summed E-state index contributed by atoms with van der Waals surface area (Å²) in [7, 11) is 3.82. The normalized spacial score (nSPS) is 22.9. The topological polar surface area (TPSA) is 20.3 Å². The van der Waals surface area contributed by atoms with Crippen molar-refractivity contribution < 1.29 is 4.79 Å². The molecule has 1 atom stereocenters. The van der Waals surface area contributed by atoms with Crippen LogP contribution in [0.25, 0.3) is 0 Å². The smallest absolute Gasteiger partial charge is 0.147 e. The molecule has 13 heavy (non-hydrogen) atoms. The molecule has 1 aliphatic heterocycles. The van der Waals surface area contributed by atoms with Crippen LogP contribution in [0.1, 0.15) is 6.42 Å². The van der Waals surface area contributed by atoms with Gasteiger partial charge < -0.3 is 4.90 Å². The molecule has 0 bridgehead atoms. The maximum absolute atomic E-state index is 11.4. The lowest BCUT2D eigenvalue weighted by molar-refractivity contribution is -0.117. The average molecular weight is 235 g/mol. The zero-order valence-corrected chi connectivity index (χ0v) is 10.2. The molecule has 0 aromatic rings. The fourth-order valence-electron chi connectivity index (χ4n) is 0.944. The molecule has 74 valence electrons. The van der Waals surface area contributed by atoms with E-state index in [1.54, 1.807) is 0 Å². The molecule has 0 spiro atoms. The number of carbonyl (C=O) groups is 1. The summed E-state index contributed by atoms with van der Waals surface area (Å²) in [6.07, 6.45) is 0.707. The molecule has 0 aromatic carbocycles. The van der Waals surface area contributed by atoms with E-state index in [9.17, 15) is 4.79 Å². The second-order valence-electron chi connectivity index (χ2n) is 3.06. The van der Waals surface area contributed by atoms with Crippen LogP contribution in [0.15, 0.2) is 0 Å². The Balaban J connectivity index is 2.43. The van der Waals surface area contributed by atoms with E-state index in [-0.39, 0.29) is 5.25 Å². The van der Waals surface area contributed by atoms with Crippen molar-refractivity contribution in [1.29, 1.82) is 0 Å². The summed E-state index contributed by atoms with van der Waals surface area (Å²) in [5.74, 6) is 2.25. The van der Waals surface area contributed by atoms with Crippen molar-refractivity contribution in [1.82, 2.24) is 4.90 Å². The molecular formula is C8H13NOS3. The van der Waals surface area contributed by atoms with Crippen molar-refractivity contribution >= 4 is 45.8 Å². The Kier molecular flexibility index (Phi) is 4.55. The summed E-state index contributed by atoms with van der Waals surface area (Å²) in [5, 5.41) is 0.0913. The highest BCUT2D eigenvalue weighted by atomic mass is 32.2. The van der Waals surface area contributed by atoms with Gasteiger partial charge in [-0.15, -0.1) is 0 Å².